The molecule has 1 fully saturated rings. The number of carbonyl (C=O) groups excluding carboxylic acids is 3. The average molecular weight is 534 g/mol. The first-order valence-corrected chi connectivity index (χ1v) is 13.8. The first-order valence-electron chi connectivity index (χ1n) is 13.8. The van der Waals surface area contributed by atoms with E-state index in [1.807, 2.05) is 49.4 Å². The molecule has 208 valence electrons. The number of morpholine rings is 1. The van der Waals surface area contributed by atoms with E-state index in [9.17, 15) is 14.4 Å². The second kappa shape index (κ2) is 13.9. The molecule has 1 atom stereocenters. The van der Waals surface area contributed by atoms with E-state index in [4.69, 9.17) is 9.47 Å². The summed E-state index contributed by atoms with van der Waals surface area (Å²) in [6, 6.07) is 17.8. The van der Waals surface area contributed by atoms with Crippen LogP contribution in [0.3, 0.4) is 0 Å². The molecule has 0 radical (unpaired) electrons. The lowest BCUT2D eigenvalue weighted by Crippen LogP contribution is -2.46. The van der Waals surface area contributed by atoms with Crippen molar-refractivity contribution >= 4 is 17.7 Å². The molecule has 1 saturated heterocycles. The first-order chi connectivity index (χ1) is 19.0. The minimum absolute atomic E-state index is 0.0593. The van der Waals surface area contributed by atoms with Gasteiger partial charge < -0.3 is 24.6 Å². The molecule has 0 saturated carbocycles. The van der Waals surface area contributed by atoms with E-state index < -0.39 is 5.92 Å². The Morgan fingerprint density at radius 3 is 2.41 bits per heavy atom. The molecule has 8 heteroatoms. The zero-order valence-corrected chi connectivity index (χ0v) is 23.0. The number of aryl methyl sites for hydroxylation is 1. The predicted molar refractivity (Wildman–Crippen MR) is 149 cm³/mol. The van der Waals surface area contributed by atoms with Crippen molar-refractivity contribution < 1.29 is 23.9 Å². The average Bonchev–Trinajstić information content (AvgIpc) is 2.97. The standard InChI is InChI=1S/C31H39N3O5/c1-23-28(31(37)33-16-18-39-19-17-33)20-26(30(36)34(23)22-25-11-13-27(38-2)14-12-25)21-29(35)32-15-7-6-10-24-8-4-3-5-9-24/h3-5,8-9,11-14,26H,6-7,10,15-22H2,1-2H3,(H,32,35). The Labute approximate surface area is 231 Å². The number of benzene rings is 2. The van der Waals surface area contributed by atoms with Crippen molar-refractivity contribution in [1.29, 1.82) is 0 Å². The van der Waals surface area contributed by atoms with Crippen LogP contribution in [0.25, 0.3) is 0 Å². The van der Waals surface area contributed by atoms with E-state index in [-0.39, 0.29) is 30.6 Å². The van der Waals surface area contributed by atoms with Crippen molar-refractivity contribution in [2.45, 2.75) is 45.6 Å². The summed E-state index contributed by atoms with van der Waals surface area (Å²) in [5.74, 6) is -0.209. The fourth-order valence-corrected chi connectivity index (χ4v) is 5.12. The van der Waals surface area contributed by atoms with E-state index in [1.54, 1.807) is 16.9 Å². The van der Waals surface area contributed by atoms with Gasteiger partial charge in [-0.15, -0.1) is 0 Å². The quantitative estimate of drug-likeness (QED) is 0.445. The van der Waals surface area contributed by atoms with Gasteiger partial charge in [0.1, 0.15) is 5.75 Å². The monoisotopic (exact) mass is 533 g/mol. The molecule has 2 aromatic carbocycles. The zero-order valence-electron chi connectivity index (χ0n) is 23.0. The van der Waals surface area contributed by atoms with Gasteiger partial charge in [0, 0.05) is 37.3 Å². The largest absolute Gasteiger partial charge is 0.497 e. The third-order valence-corrected chi connectivity index (χ3v) is 7.45. The van der Waals surface area contributed by atoms with E-state index >= 15 is 0 Å². The van der Waals surface area contributed by atoms with Gasteiger partial charge in [-0.3, -0.25) is 14.4 Å². The van der Waals surface area contributed by atoms with Crippen molar-refractivity contribution in [2.24, 2.45) is 5.92 Å². The molecule has 2 aromatic rings. The van der Waals surface area contributed by atoms with Gasteiger partial charge in [0.15, 0.2) is 0 Å². The highest BCUT2D eigenvalue weighted by molar-refractivity contribution is 5.98. The molecule has 0 aromatic heterocycles. The fourth-order valence-electron chi connectivity index (χ4n) is 5.12. The number of hydrogen-bond acceptors (Lipinski definition) is 5. The molecule has 1 unspecified atom stereocenters. The lowest BCUT2D eigenvalue weighted by molar-refractivity contribution is -0.139. The molecular weight excluding hydrogens is 494 g/mol. The maximum absolute atomic E-state index is 13.6. The highest BCUT2D eigenvalue weighted by Gasteiger charge is 2.37. The molecule has 3 amide bonds. The second-order valence-corrected chi connectivity index (χ2v) is 10.1. The minimum atomic E-state index is -0.587. The number of rotatable bonds is 11. The van der Waals surface area contributed by atoms with E-state index in [0.29, 0.717) is 50.7 Å². The topological polar surface area (TPSA) is 88.2 Å². The summed E-state index contributed by atoms with van der Waals surface area (Å²) in [6.07, 6.45) is 3.13. The van der Waals surface area contributed by atoms with Crippen LogP contribution in [-0.4, -0.2) is 67.5 Å². The minimum Gasteiger partial charge on any atom is -0.497 e. The van der Waals surface area contributed by atoms with Crippen LogP contribution in [0, 0.1) is 5.92 Å². The molecule has 1 N–H and O–H groups in total. The Kier molecular flexibility index (Phi) is 10.1. The summed E-state index contributed by atoms with van der Waals surface area (Å²) < 4.78 is 10.7. The zero-order chi connectivity index (χ0) is 27.6. The third-order valence-electron chi connectivity index (χ3n) is 7.45. The summed E-state index contributed by atoms with van der Waals surface area (Å²) >= 11 is 0. The Morgan fingerprint density at radius 2 is 1.72 bits per heavy atom. The van der Waals surface area contributed by atoms with Gasteiger partial charge in [-0.1, -0.05) is 42.5 Å². The maximum Gasteiger partial charge on any atom is 0.251 e. The van der Waals surface area contributed by atoms with Crippen LogP contribution in [-0.2, 0) is 32.1 Å². The van der Waals surface area contributed by atoms with Crippen LogP contribution in [0.15, 0.2) is 65.9 Å². The lowest BCUT2D eigenvalue weighted by Gasteiger charge is -2.37. The molecule has 0 aliphatic carbocycles. The van der Waals surface area contributed by atoms with Crippen LogP contribution in [0.1, 0.15) is 43.7 Å². The lowest BCUT2D eigenvalue weighted by atomic mass is 9.88. The van der Waals surface area contributed by atoms with Crippen LogP contribution < -0.4 is 10.1 Å². The Hall–Kier alpha value is -3.65. The van der Waals surface area contributed by atoms with Crippen molar-refractivity contribution in [3.63, 3.8) is 0 Å². The van der Waals surface area contributed by atoms with Crippen LogP contribution >= 0.6 is 0 Å². The molecular formula is C31H39N3O5. The number of nitrogens with zero attached hydrogens (tertiary/aromatic N) is 2. The Morgan fingerprint density at radius 1 is 1.00 bits per heavy atom. The van der Waals surface area contributed by atoms with Crippen LogP contribution in [0.2, 0.25) is 0 Å². The van der Waals surface area contributed by atoms with Gasteiger partial charge in [0.05, 0.1) is 32.8 Å². The number of ether oxygens (including phenoxy) is 2. The van der Waals surface area contributed by atoms with Gasteiger partial charge in [0.2, 0.25) is 11.8 Å². The number of hydrogen-bond donors (Lipinski definition) is 1. The number of methoxy groups -OCH3 is 1. The number of amides is 3. The molecule has 2 aliphatic heterocycles. The van der Waals surface area contributed by atoms with E-state index in [2.05, 4.69) is 17.4 Å². The summed E-state index contributed by atoms with van der Waals surface area (Å²) in [4.78, 5) is 43.4. The van der Waals surface area contributed by atoms with E-state index in [1.165, 1.54) is 5.56 Å². The third kappa shape index (κ3) is 7.69. The number of unbranched alkanes of at least 4 members (excludes halogenated alkanes) is 1. The van der Waals surface area contributed by atoms with Gasteiger partial charge in [0.25, 0.3) is 5.91 Å². The molecule has 39 heavy (non-hydrogen) atoms. The smallest absolute Gasteiger partial charge is 0.251 e. The molecule has 8 nitrogen and oxygen atoms in total. The molecule has 0 bridgehead atoms. The molecule has 4 rings (SSSR count). The predicted octanol–water partition coefficient (Wildman–Crippen LogP) is 3.71. The SMILES string of the molecule is COc1ccc(CN2C(=O)C(CC(=O)NCCCCc3ccccc3)CC(C(=O)N3CCOCC3)=C2C)cc1. The fraction of sp³-hybridized carbons (Fsp3) is 0.452. The van der Waals surface area contributed by atoms with Crippen molar-refractivity contribution in [3.8, 4) is 5.75 Å². The van der Waals surface area contributed by atoms with Gasteiger partial charge >= 0.3 is 0 Å². The summed E-state index contributed by atoms with van der Waals surface area (Å²) in [6.45, 7) is 4.78. The van der Waals surface area contributed by atoms with Crippen molar-refractivity contribution in [1.82, 2.24) is 15.1 Å². The highest BCUT2D eigenvalue weighted by Crippen LogP contribution is 2.32. The summed E-state index contributed by atoms with van der Waals surface area (Å²) in [5.41, 5.74) is 3.47. The van der Waals surface area contributed by atoms with E-state index in [0.717, 1.165) is 30.6 Å². The van der Waals surface area contributed by atoms with Gasteiger partial charge in [-0.05, 0) is 55.9 Å². The molecule has 0 spiro atoms. The van der Waals surface area contributed by atoms with Crippen molar-refractivity contribution in [2.75, 3.05) is 40.0 Å². The first kappa shape index (κ1) is 28.4. The van der Waals surface area contributed by atoms with Crippen LogP contribution in [0.4, 0.5) is 0 Å². The maximum atomic E-state index is 13.6. The number of allylic oxidation sites excluding steroid dienone is 1. The van der Waals surface area contributed by atoms with Gasteiger partial charge in [-0.25, -0.2) is 0 Å². The molecule has 2 aliphatic rings. The van der Waals surface area contributed by atoms with Crippen molar-refractivity contribution in [3.05, 3.63) is 77.0 Å². The Bertz CT molecular complexity index is 1160. The number of nitrogens with one attached hydrogen (secondary N) is 1. The molecule has 2 heterocycles. The Balaban J connectivity index is 1.41. The highest BCUT2D eigenvalue weighted by atomic mass is 16.5. The van der Waals surface area contributed by atoms with Gasteiger partial charge in [-0.2, -0.15) is 0 Å². The summed E-state index contributed by atoms with van der Waals surface area (Å²) in [7, 11) is 1.61. The van der Waals surface area contributed by atoms with Crippen LogP contribution in [0.5, 0.6) is 5.75 Å². The second-order valence-electron chi connectivity index (χ2n) is 10.1. The summed E-state index contributed by atoms with van der Waals surface area (Å²) in [5, 5.41) is 2.98. The number of carbonyl (C=O) groups is 3. The normalized spacial score (nSPS) is 17.8.